The van der Waals surface area contributed by atoms with Crippen LogP contribution in [0.4, 0.5) is 13.2 Å². The summed E-state index contributed by atoms with van der Waals surface area (Å²) in [7, 11) is 0. The molecule has 0 radical (unpaired) electrons. The van der Waals surface area contributed by atoms with Gasteiger partial charge in [0.25, 0.3) is 11.8 Å². The number of benzene rings is 1. The highest BCUT2D eigenvalue weighted by molar-refractivity contribution is 6.22. The first kappa shape index (κ1) is 23.0. The van der Waals surface area contributed by atoms with Crippen molar-refractivity contribution in [1.29, 1.82) is 0 Å². The van der Waals surface area contributed by atoms with Gasteiger partial charge in [-0.25, -0.2) is 4.39 Å². The van der Waals surface area contributed by atoms with Gasteiger partial charge in [0, 0.05) is 30.6 Å². The van der Waals surface area contributed by atoms with Gasteiger partial charge in [-0.2, -0.15) is 8.78 Å². The molecule has 2 heterocycles. The number of rotatable bonds is 5. The van der Waals surface area contributed by atoms with Crippen LogP contribution in [0.25, 0.3) is 0 Å². The van der Waals surface area contributed by atoms with E-state index in [9.17, 15) is 32.3 Å². The third-order valence-corrected chi connectivity index (χ3v) is 6.23. The second-order valence-corrected chi connectivity index (χ2v) is 8.59. The molecule has 1 saturated heterocycles. The topological polar surface area (TPSA) is 95.6 Å². The summed E-state index contributed by atoms with van der Waals surface area (Å²) in [6.45, 7) is -0.101. The van der Waals surface area contributed by atoms with Crippen LogP contribution in [0, 0.1) is 0 Å². The van der Waals surface area contributed by atoms with Crippen molar-refractivity contribution in [3.63, 3.8) is 0 Å². The largest absolute Gasteiger partial charge is 0.346 e. The number of nitrogens with one attached hydrogen (secondary N) is 2. The summed E-state index contributed by atoms with van der Waals surface area (Å²) < 4.78 is 42.3. The molecule has 0 aromatic heterocycles. The molecule has 2 atom stereocenters. The molecular weight excluding hydrogens is 463 g/mol. The number of hydrogen-bond acceptors (Lipinski definition) is 4. The van der Waals surface area contributed by atoms with Crippen LogP contribution in [0.15, 0.2) is 41.8 Å². The maximum Gasteiger partial charge on any atom is 0.346 e. The number of carbonyl (C=O) groups is 4. The molecule has 2 N–H and O–H groups in total. The number of imide groups is 1. The average molecular weight is 482 g/mol. The van der Waals surface area contributed by atoms with Crippen molar-refractivity contribution in [2.45, 2.75) is 49.7 Å². The number of fused-ring (bicyclic) bond motifs is 1. The summed E-state index contributed by atoms with van der Waals surface area (Å²) in [5.74, 6) is -7.43. The van der Waals surface area contributed by atoms with Crippen molar-refractivity contribution >= 4 is 35.2 Å². The van der Waals surface area contributed by atoms with Crippen molar-refractivity contribution in [2.75, 3.05) is 0 Å². The molecule has 3 aliphatic rings. The fourth-order valence-electron chi connectivity index (χ4n) is 4.05. The molecule has 2 unspecified atom stereocenters. The van der Waals surface area contributed by atoms with Crippen molar-refractivity contribution < 1.29 is 32.3 Å². The molecule has 174 valence electrons. The number of alkyl halides is 3. The molecule has 4 amide bonds. The summed E-state index contributed by atoms with van der Waals surface area (Å²) >= 11 is 5.67. The maximum atomic E-state index is 14.5. The highest BCUT2D eigenvalue weighted by Gasteiger charge is 2.44. The number of nitrogens with zero attached hydrogens (tertiary/aromatic N) is 1. The third-order valence-electron chi connectivity index (χ3n) is 5.87. The van der Waals surface area contributed by atoms with Gasteiger partial charge in [-0.3, -0.25) is 24.5 Å². The van der Waals surface area contributed by atoms with E-state index < -0.39 is 47.0 Å². The van der Waals surface area contributed by atoms with E-state index in [1.54, 1.807) is 6.07 Å². The number of hydrogen-bond donors (Lipinski definition) is 2. The number of amides is 4. The first-order chi connectivity index (χ1) is 15.6. The van der Waals surface area contributed by atoms with Gasteiger partial charge in [0.2, 0.25) is 11.8 Å². The Morgan fingerprint density at radius 2 is 2.00 bits per heavy atom. The molecule has 0 bridgehead atoms. The fraction of sp³-hybridized carbons (Fsp3) is 0.364. The minimum Gasteiger partial charge on any atom is -0.346 e. The lowest BCUT2D eigenvalue weighted by atomic mass is 9.97. The van der Waals surface area contributed by atoms with Crippen LogP contribution >= 0.6 is 11.6 Å². The Morgan fingerprint density at radius 1 is 1.24 bits per heavy atom. The van der Waals surface area contributed by atoms with Crippen LogP contribution in [0.3, 0.4) is 0 Å². The predicted octanol–water partition coefficient (Wildman–Crippen LogP) is 2.49. The van der Waals surface area contributed by atoms with E-state index in [4.69, 9.17) is 11.6 Å². The quantitative estimate of drug-likeness (QED) is 0.499. The molecular formula is C22H19ClF3N3O4. The Kier molecular flexibility index (Phi) is 6.04. The predicted molar refractivity (Wildman–Crippen MR) is 111 cm³/mol. The summed E-state index contributed by atoms with van der Waals surface area (Å²) in [6, 6.07) is 3.87. The zero-order valence-corrected chi connectivity index (χ0v) is 17.9. The van der Waals surface area contributed by atoms with Crippen LogP contribution in [-0.4, -0.2) is 45.9 Å². The molecule has 1 aliphatic carbocycles. The maximum absolute atomic E-state index is 14.5. The SMILES string of the molecule is O=C1CCC(N2Cc3cc(CNC(=O)C(F)(F)C4=CC=C(F)C(Cl)C4)ccc3C2=O)C(=O)N1. The smallest absolute Gasteiger partial charge is 0.346 e. The Hall–Kier alpha value is -3.14. The number of halogens is 4. The molecule has 11 heteroatoms. The van der Waals surface area contributed by atoms with Crippen LogP contribution in [0.1, 0.15) is 40.7 Å². The van der Waals surface area contributed by atoms with Gasteiger partial charge in [0.1, 0.15) is 11.9 Å². The van der Waals surface area contributed by atoms with E-state index >= 15 is 0 Å². The van der Waals surface area contributed by atoms with Gasteiger partial charge in [-0.15, -0.1) is 11.6 Å². The second-order valence-electron chi connectivity index (χ2n) is 8.06. The molecule has 4 rings (SSSR count). The summed E-state index contributed by atoms with van der Waals surface area (Å²) in [5.41, 5.74) is 0.855. The zero-order chi connectivity index (χ0) is 23.9. The van der Waals surface area contributed by atoms with Gasteiger partial charge < -0.3 is 10.2 Å². The van der Waals surface area contributed by atoms with Crippen LogP contribution in [0.2, 0.25) is 0 Å². The van der Waals surface area contributed by atoms with E-state index in [0.717, 1.165) is 12.2 Å². The van der Waals surface area contributed by atoms with Gasteiger partial charge >= 0.3 is 5.92 Å². The summed E-state index contributed by atoms with van der Waals surface area (Å²) in [5, 5.41) is 3.14. The fourth-order valence-corrected chi connectivity index (χ4v) is 4.29. The van der Waals surface area contributed by atoms with Crippen molar-refractivity contribution in [3.05, 3.63) is 58.4 Å². The monoisotopic (exact) mass is 481 g/mol. The Morgan fingerprint density at radius 3 is 2.70 bits per heavy atom. The summed E-state index contributed by atoms with van der Waals surface area (Å²) in [4.78, 5) is 49.7. The minimum absolute atomic E-state index is 0.125. The average Bonchev–Trinajstić information content (AvgIpc) is 3.09. The van der Waals surface area contributed by atoms with Crippen molar-refractivity contribution in [3.8, 4) is 0 Å². The standard InChI is InChI=1S/C22H19ClF3N3O4/c23-15-8-13(2-4-16(15)24)22(25,26)21(33)27-9-11-1-3-14-12(7-11)10-29(20(14)32)17-5-6-18(30)28-19(17)31/h1-4,7,15,17H,5-6,8-10H2,(H,27,33)(H,28,30,31). The lowest BCUT2D eigenvalue weighted by molar-refractivity contribution is -0.141. The molecule has 7 nitrogen and oxygen atoms in total. The second kappa shape index (κ2) is 8.66. The van der Waals surface area contributed by atoms with Crippen molar-refractivity contribution in [1.82, 2.24) is 15.5 Å². The van der Waals surface area contributed by atoms with E-state index in [0.29, 0.717) is 16.7 Å². The van der Waals surface area contributed by atoms with E-state index in [2.05, 4.69) is 10.6 Å². The number of piperidine rings is 1. The molecule has 33 heavy (non-hydrogen) atoms. The number of carbonyl (C=O) groups excluding carboxylic acids is 4. The number of allylic oxidation sites excluding steroid dienone is 3. The van der Waals surface area contributed by atoms with E-state index in [1.165, 1.54) is 17.0 Å². The molecule has 1 aromatic carbocycles. The molecule has 1 aromatic rings. The lowest BCUT2D eigenvalue weighted by Crippen LogP contribution is -2.52. The van der Waals surface area contributed by atoms with E-state index in [1.807, 2.05) is 0 Å². The van der Waals surface area contributed by atoms with Crippen molar-refractivity contribution in [2.24, 2.45) is 0 Å². The van der Waals surface area contributed by atoms with Crippen LogP contribution in [-0.2, 0) is 27.5 Å². The highest BCUT2D eigenvalue weighted by Crippen LogP contribution is 2.35. The third kappa shape index (κ3) is 4.39. The Bertz CT molecular complexity index is 1120. The molecule has 0 spiro atoms. The highest BCUT2D eigenvalue weighted by atomic mass is 35.5. The molecule has 0 saturated carbocycles. The van der Waals surface area contributed by atoms with Gasteiger partial charge in [0.05, 0.1) is 5.38 Å². The molecule has 1 fully saturated rings. The molecule has 2 aliphatic heterocycles. The normalized spacial score (nSPS) is 23.0. The van der Waals surface area contributed by atoms with Gasteiger partial charge in [-0.1, -0.05) is 18.2 Å². The first-order valence-corrected chi connectivity index (χ1v) is 10.6. The first-order valence-electron chi connectivity index (χ1n) is 10.2. The van der Waals surface area contributed by atoms with Crippen LogP contribution in [0.5, 0.6) is 0 Å². The van der Waals surface area contributed by atoms with Gasteiger partial charge in [-0.05, 0) is 36.1 Å². The minimum atomic E-state index is -3.86. The van der Waals surface area contributed by atoms with E-state index in [-0.39, 0.29) is 37.7 Å². The summed E-state index contributed by atoms with van der Waals surface area (Å²) in [6.07, 6.45) is 1.55. The lowest BCUT2D eigenvalue weighted by Gasteiger charge is -2.29. The zero-order valence-electron chi connectivity index (χ0n) is 17.2. The Labute approximate surface area is 191 Å². The van der Waals surface area contributed by atoms with Crippen LogP contribution < -0.4 is 10.6 Å². The van der Waals surface area contributed by atoms with Gasteiger partial charge in [0.15, 0.2) is 0 Å². The Balaban J connectivity index is 1.42.